The van der Waals surface area contributed by atoms with E-state index in [2.05, 4.69) is 21.8 Å². The number of Topliss-reactive ketones (excluding diaryl/α,β-unsaturated/α-hetero) is 1. The summed E-state index contributed by atoms with van der Waals surface area (Å²) >= 11 is 0. The highest BCUT2D eigenvalue weighted by Gasteiger charge is 2.29. The molecule has 0 saturated heterocycles. The third-order valence-corrected chi connectivity index (χ3v) is 4.82. The molecule has 0 radical (unpaired) electrons. The zero-order valence-electron chi connectivity index (χ0n) is 15.6. The van der Waals surface area contributed by atoms with Gasteiger partial charge in [0.15, 0.2) is 5.78 Å². The lowest BCUT2D eigenvalue weighted by atomic mass is 10.0. The topological polar surface area (TPSA) is 73.8 Å². The number of carbonyl (C=O) groups is 1. The number of ketones is 1. The van der Waals surface area contributed by atoms with Crippen molar-refractivity contribution < 1.29 is 22.4 Å². The van der Waals surface area contributed by atoms with Crippen molar-refractivity contribution in [1.29, 1.82) is 0 Å². The fraction of sp³-hybridized carbons (Fsp3) is 0.286. The van der Waals surface area contributed by atoms with Crippen molar-refractivity contribution in [2.75, 3.05) is 5.73 Å². The molecule has 5 nitrogen and oxygen atoms in total. The van der Waals surface area contributed by atoms with Gasteiger partial charge in [0.2, 0.25) is 0 Å². The molecular weight excluding hydrogens is 400 g/mol. The normalized spacial score (nSPS) is 13.9. The van der Waals surface area contributed by atoms with Crippen LogP contribution in [0.4, 0.5) is 23.4 Å². The molecule has 0 unspecified atom stereocenters. The molecule has 1 fully saturated rings. The summed E-state index contributed by atoms with van der Waals surface area (Å²) in [6.07, 6.45) is 0.207. The van der Waals surface area contributed by atoms with E-state index in [1.54, 1.807) is 0 Å². The molecule has 0 spiro atoms. The standard InChI is InChI=1S/C21H16F4N4O/c22-16-6-5-14(17(30)7-12-1-2-12)8-13(16)3-4-15-9-29(10-21(23,24)25)20-18(15)19(26)27-11-28-20/h5-6,8-9,11-12H,1-2,7,10H2,(H2,26,27,28). The summed E-state index contributed by atoms with van der Waals surface area (Å²) in [6.45, 7) is -1.28. The Labute approximate surface area is 168 Å². The highest BCUT2D eigenvalue weighted by atomic mass is 19.4. The van der Waals surface area contributed by atoms with Gasteiger partial charge in [0.1, 0.15) is 30.2 Å². The summed E-state index contributed by atoms with van der Waals surface area (Å²) in [7, 11) is 0. The van der Waals surface area contributed by atoms with E-state index >= 15 is 0 Å². The van der Waals surface area contributed by atoms with E-state index in [4.69, 9.17) is 5.73 Å². The van der Waals surface area contributed by atoms with Gasteiger partial charge in [0.25, 0.3) is 0 Å². The smallest absolute Gasteiger partial charge is 0.383 e. The lowest BCUT2D eigenvalue weighted by molar-refractivity contribution is -0.139. The number of fused-ring (bicyclic) bond motifs is 1. The fourth-order valence-corrected chi connectivity index (χ4v) is 3.19. The second-order valence-corrected chi connectivity index (χ2v) is 7.26. The number of halogens is 4. The maximum Gasteiger partial charge on any atom is 0.406 e. The van der Waals surface area contributed by atoms with Crippen molar-refractivity contribution in [3.8, 4) is 11.8 Å². The lowest BCUT2D eigenvalue weighted by Crippen LogP contribution is -2.17. The van der Waals surface area contributed by atoms with Crippen molar-refractivity contribution in [2.45, 2.75) is 32.0 Å². The SMILES string of the molecule is Nc1ncnc2c1c(C#Cc1cc(C(=O)CC3CC3)ccc1F)cn2CC(F)(F)F. The van der Waals surface area contributed by atoms with Gasteiger partial charge in [-0.05, 0) is 37.0 Å². The molecule has 30 heavy (non-hydrogen) atoms. The van der Waals surface area contributed by atoms with Crippen molar-refractivity contribution >= 4 is 22.6 Å². The van der Waals surface area contributed by atoms with Gasteiger partial charge in [-0.1, -0.05) is 11.8 Å². The number of benzene rings is 1. The number of nitrogens with zero attached hydrogens (tertiary/aromatic N) is 3. The summed E-state index contributed by atoms with van der Waals surface area (Å²) in [5.74, 6) is 4.91. The van der Waals surface area contributed by atoms with E-state index in [0.29, 0.717) is 17.9 Å². The van der Waals surface area contributed by atoms with Crippen LogP contribution in [0.3, 0.4) is 0 Å². The van der Waals surface area contributed by atoms with Crippen LogP contribution in [0.2, 0.25) is 0 Å². The quantitative estimate of drug-likeness (QED) is 0.395. The number of aromatic nitrogens is 3. The Morgan fingerprint density at radius 3 is 2.63 bits per heavy atom. The summed E-state index contributed by atoms with van der Waals surface area (Å²) in [4.78, 5) is 20.0. The molecular formula is C21H16F4N4O. The molecule has 4 rings (SSSR count). The van der Waals surface area contributed by atoms with E-state index in [9.17, 15) is 22.4 Å². The molecule has 154 valence electrons. The second-order valence-electron chi connectivity index (χ2n) is 7.26. The Bertz CT molecular complexity index is 1200. The molecule has 1 aliphatic rings. The third kappa shape index (κ3) is 4.27. The Morgan fingerprint density at radius 2 is 1.93 bits per heavy atom. The summed E-state index contributed by atoms with van der Waals surface area (Å²) in [6, 6.07) is 3.93. The number of hydrogen-bond donors (Lipinski definition) is 1. The predicted molar refractivity (Wildman–Crippen MR) is 102 cm³/mol. The first-order valence-corrected chi connectivity index (χ1v) is 9.22. The number of nitrogens with two attached hydrogens (primary N) is 1. The minimum atomic E-state index is -4.47. The van der Waals surface area contributed by atoms with Gasteiger partial charge < -0.3 is 10.3 Å². The Morgan fingerprint density at radius 1 is 1.20 bits per heavy atom. The Kier molecular flexibility index (Phi) is 4.94. The average molecular weight is 416 g/mol. The second kappa shape index (κ2) is 7.44. The molecule has 1 aromatic carbocycles. The summed E-state index contributed by atoms with van der Waals surface area (Å²) in [5, 5.41) is 0.163. The molecule has 0 aliphatic heterocycles. The van der Waals surface area contributed by atoms with Crippen molar-refractivity contribution in [1.82, 2.24) is 14.5 Å². The number of carbonyl (C=O) groups excluding carboxylic acids is 1. The zero-order chi connectivity index (χ0) is 21.5. The molecule has 0 bridgehead atoms. The zero-order valence-corrected chi connectivity index (χ0v) is 15.6. The van der Waals surface area contributed by atoms with Crippen LogP contribution >= 0.6 is 0 Å². The molecule has 2 aromatic heterocycles. The van der Waals surface area contributed by atoms with Crippen LogP contribution in [0.25, 0.3) is 11.0 Å². The van der Waals surface area contributed by atoms with E-state index in [1.165, 1.54) is 12.1 Å². The first-order chi connectivity index (χ1) is 14.2. The monoisotopic (exact) mass is 416 g/mol. The number of nitrogen functional groups attached to an aromatic ring is 1. The lowest BCUT2D eigenvalue weighted by Gasteiger charge is -2.07. The predicted octanol–water partition coefficient (Wildman–Crippen LogP) is 4.10. The first-order valence-electron chi connectivity index (χ1n) is 9.22. The van der Waals surface area contributed by atoms with Gasteiger partial charge in [0, 0.05) is 18.2 Å². The van der Waals surface area contributed by atoms with Gasteiger partial charge in [-0.2, -0.15) is 13.2 Å². The average Bonchev–Trinajstić information content (AvgIpc) is 3.41. The summed E-state index contributed by atoms with van der Waals surface area (Å²) in [5.41, 5.74) is 6.27. The van der Waals surface area contributed by atoms with Gasteiger partial charge >= 0.3 is 6.18 Å². The minimum absolute atomic E-state index is 0.0158. The highest BCUT2D eigenvalue weighted by Crippen LogP contribution is 2.33. The van der Waals surface area contributed by atoms with E-state index in [-0.39, 0.29) is 33.8 Å². The van der Waals surface area contributed by atoms with Gasteiger partial charge in [-0.15, -0.1) is 0 Å². The van der Waals surface area contributed by atoms with Crippen molar-refractivity contribution in [3.05, 3.63) is 53.2 Å². The first kappa shape index (κ1) is 19.9. The Hall–Kier alpha value is -3.41. The van der Waals surface area contributed by atoms with Crippen molar-refractivity contribution in [3.63, 3.8) is 0 Å². The van der Waals surface area contributed by atoms with Gasteiger partial charge in [-0.25, -0.2) is 14.4 Å². The van der Waals surface area contributed by atoms with Crippen LogP contribution in [0, 0.1) is 23.6 Å². The fourth-order valence-electron chi connectivity index (χ4n) is 3.19. The third-order valence-electron chi connectivity index (χ3n) is 4.82. The van der Waals surface area contributed by atoms with Crippen molar-refractivity contribution in [2.24, 2.45) is 5.92 Å². The van der Waals surface area contributed by atoms with Gasteiger partial charge in [0.05, 0.1) is 16.5 Å². The van der Waals surface area contributed by atoms with Gasteiger partial charge in [-0.3, -0.25) is 4.79 Å². The van der Waals surface area contributed by atoms with Crippen LogP contribution < -0.4 is 5.73 Å². The molecule has 0 amide bonds. The molecule has 1 saturated carbocycles. The van der Waals surface area contributed by atoms with Crippen LogP contribution in [0.1, 0.15) is 40.7 Å². The highest BCUT2D eigenvalue weighted by molar-refractivity contribution is 5.97. The molecule has 0 atom stereocenters. The maximum absolute atomic E-state index is 14.2. The number of anilines is 1. The molecule has 3 aromatic rings. The largest absolute Gasteiger partial charge is 0.406 e. The van der Waals surface area contributed by atoms with Crippen LogP contribution in [0.5, 0.6) is 0 Å². The molecule has 1 aliphatic carbocycles. The number of alkyl halides is 3. The summed E-state index contributed by atoms with van der Waals surface area (Å²) < 4.78 is 53.7. The minimum Gasteiger partial charge on any atom is -0.383 e. The molecule has 9 heteroatoms. The van der Waals surface area contributed by atoms with Crippen LogP contribution in [0.15, 0.2) is 30.7 Å². The number of hydrogen-bond acceptors (Lipinski definition) is 4. The Balaban J connectivity index is 1.73. The van der Waals surface area contributed by atoms with E-state index < -0.39 is 18.5 Å². The van der Waals surface area contributed by atoms with Crippen LogP contribution in [-0.2, 0) is 6.54 Å². The van der Waals surface area contributed by atoms with Crippen LogP contribution in [-0.4, -0.2) is 26.5 Å². The maximum atomic E-state index is 14.2. The number of rotatable bonds is 4. The van der Waals surface area contributed by atoms with E-state index in [1.807, 2.05) is 0 Å². The molecule has 2 heterocycles. The molecule has 2 N–H and O–H groups in total. The van der Waals surface area contributed by atoms with E-state index in [0.717, 1.165) is 36.0 Å².